The molecule has 0 fully saturated rings. The van der Waals surface area contributed by atoms with E-state index < -0.39 is 5.97 Å². The van der Waals surface area contributed by atoms with Gasteiger partial charge in [0.05, 0.1) is 13.2 Å². The largest absolute Gasteiger partial charge is 0.483 e. The van der Waals surface area contributed by atoms with Gasteiger partial charge in [-0.25, -0.2) is 4.79 Å². The van der Waals surface area contributed by atoms with E-state index in [1.165, 1.54) is 18.2 Å². The number of rotatable bonds is 5. The second-order valence-electron chi connectivity index (χ2n) is 7.19. The van der Waals surface area contributed by atoms with E-state index in [1.807, 2.05) is 36.4 Å². The zero-order valence-corrected chi connectivity index (χ0v) is 16.3. The Morgan fingerprint density at radius 3 is 2.55 bits per heavy atom. The van der Waals surface area contributed by atoms with Crippen LogP contribution in [0.1, 0.15) is 40.4 Å². The number of aryl methyl sites for hydroxylation is 1. The van der Waals surface area contributed by atoms with Gasteiger partial charge in [0, 0.05) is 0 Å². The SMILES string of the molecule is COC(=O)c1cc2ccccc2cc1OCC(=O)N[C@H]1CCCc2ccccc21. The van der Waals surface area contributed by atoms with Crippen LogP contribution in [0.5, 0.6) is 5.75 Å². The minimum absolute atomic E-state index is 0.00673. The number of carbonyl (C=O) groups excluding carboxylic acids is 2. The summed E-state index contributed by atoms with van der Waals surface area (Å²) in [5.74, 6) is -0.363. The number of esters is 1. The Morgan fingerprint density at radius 2 is 1.76 bits per heavy atom. The summed E-state index contributed by atoms with van der Waals surface area (Å²) in [4.78, 5) is 24.7. The maximum Gasteiger partial charge on any atom is 0.341 e. The number of benzene rings is 3. The number of carbonyl (C=O) groups is 2. The van der Waals surface area contributed by atoms with Crippen LogP contribution in [0.25, 0.3) is 10.8 Å². The molecule has 0 aliphatic heterocycles. The zero-order chi connectivity index (χ0) is 20.2. The Balaban J connectivity index is 1.49. The van der Waals surface area contributed by atoms with Crippen molar-refractivity contribution in [3.63, 3.8) is 0 Å². The number of methoxy groups -OCH3 is 1. The van der Waals surface area contributed by atoms with E-state index in [-0.39, 0.29) is 18.6 Å². The van der Waals surface area contributed by atoms with Crippen LogP contribution in [0.15, 0.2) is 60.7 Å². The van der Waals surface area contributed by atoms with Crippen molar-refractivity contribution in [2.75, 3.05) is 13.7 Å². The fourth-order valence-corrected chi connectivity index (χ4v) is 3.89. The van der Waals surface area contributed by atoms with Gasteiger partial charge < -0.3 is 14.8 Å². The Morgan fingerprint density at radius 1 is 1.03 bits per heavy atom. The molecule has 0 heterocycles. The lowest BCUT2D eigenvalue weighted by Crippen LogP contribution is -2.34. The second-order valence-corrected chi connectivity index (χ2v) is 7.19. The Bertz CT molecular complexity index is 1060. The first kappa shape index (κ1) is 19.0. The van der Waals surface area contributed by atoms with Crippen molar-refractivity contribution in [2.24, 2.45) is 0 Å². The lowest BCUT2D eigenvalue weighted by atomic mass is 9.88. The minimum atomic E-state index is -0.493. The molecule has 4 rings (SSSR count). The van der Waals surface area contributed by atoms with E-state index in [9.17, 15) is 9.59 Å². The average molecular weight is 389 g/mol. The molecule has 0 saturated carbocycles. The summed E-state index contributed by atoms with van der Waals surface area (Å²) in [6, 6.07) is 19.4. The third-order valence-electron chi connectivity index (χ3n) is 5.32. The molecule has 0 unspecified atom stereocenters. The van der Waals surface area contributed by atoms with Gasteiger partial charge in [0.15, 0.2) is 6.61 Å². The summed E-state index contributed by atoms with van der Waals surface area (Å²) in [5, 5.41) is 4.90. The zero-order valence-electron chi connectivity index (χ0n) is 16.3. The molecule has 0 saturated heterocycles. The van der Waals surface area contributed by atoms with Gasteiger partial charge in [-0.15, -0.1) is 0 Å². The molecule has 1 amide bonds. The van der Waals surface area contributed by atoms with Gasteiger partial charge in [-0.1, -0.05) is 48.5 Å². The van der Waals surface area contributed by atoms with E-state index in [0.717, 1.165) is 30.0 Å². The van der Waals surface area contributed by atoms with Crippen LogP contribution in [0.3, 0.4) is 0 Å². The smallest absolute Gasteiger partial charge is 0.341 e. The van der Waals surface area contributed by atoms with Crippen molar-refractivity contribution >= 4 is 22.6 Å². The summed E-state index contributed by atoms with van der Waals surface area (Å²) in [6.45, 7) is -0.166. The summed E-state index contributed by atoms with van der Waals surface area (Å²) in [6.07, 6.45) is 2.99. The predicted octanol–water partition coefficient (Wildman–Crippen LogP) is 4.20. The molecule has 148 valence electrons. The van der Waals surface area contributed by atoms with E-state index >= 15 is 0 Å². The van der Waals surface area contributed by atoms with Crippen molar-refractivity contribution in [3.05, 3.63) is 77.4 Å². The first-order chi connectivity index (χ1) is 14.2. The molecule has 29 heavy (non-hydrogen) atoms. The van der Waals surface area contributed by atoms with E-state index in [2.05, 4.69) is 17.4 Å². The quantitative estimate of drug-likeness (QED) is 0.665. The summed E-state index contributed by atoms with van der Waals surface area (Å²) < 4.78 is 10.6. The number of nitrogens with one attached hydrogen (secondary N) is 1. The second kappa shape index (κ2) is 8.35. The average Bonchev–Trinajstić information content (AvgIpc) is 2.76. The lowest BCUT2D eigenvalue weighted by Gasteiger charge is -2.26. The van der Waals surface area contributed by atoms with Crippen LogP contribution in [0, 0.1) is 0 Å². The Hall–Kier alpha value is -3.34. The van der Waals surface area contributed by atoms with Gasteiger partial charge >= 0.3 is 5.97 Å². The van der Waals surface area contributed by atoms with Gasteiger partial charge in [0.25, 0.3) is 5.91 Å². The molecule has 0 spiro atoms. The molecule has 3 aromatic rings. The fourth-order valence-electron chi connectivity index (χ4n) is 3.89. The Kier molecular flexibility index (Phi) is 5.47. The summed E-state index contributed by atoms with van der Waals surface area (Å²) >= 11 is 0. The highest BCUT2D eigenvalue weighted by atomic mass is 16.5. The molecule has 5 heteroatoms. The molecule has 1 aliphatic rings. The number of ether oxygens (including phenoxy) is 2. The van der Waals surface area contributed by atoms with E-state index in [1.54, 1.807) is 12.1 Å². The maximum atomic E-state index is 12.6. The van der Waals surface area contributed by atoms with Crippen LogP contribution in [0.4, 0.5) is 0 Å². The Labute approximate surface area is 169 Å². The molecule has 1 N–H and O–H groups in total. The van der Waals surface area contributed by atoms with Crippen LogP contribution in [0.2, 0.25) is 0 Å². The number of amides is 1. The van der Waals surface area contributed by atoms with Crippen LogP contribution >= 0.6 is 0 Å². The van der Waals surface area contributed by atoms with E-state index in [4.69, 9.17) is 9.47 Å². The molecule has 0 aromatic heterocycles. The van der Waals surface area contributed by atoms with Gasteiger partial charge in [-0.05, 0) is 53.3 Å². The van der Waals surface area contributed by atoms with Crippen LogP contribution in [-0.2, 0) is 16.0 Å². The third-order valence-corrected chi connectivity index (χ3v) is 5.32. The number of hydrogen-bond acceptors (Lipinski definition) is 4. The van der Waals surface area contributed by atoms with Crippen molar-refractivity contribution in [1.82, 2.24) is 5.32 Å². The van der Waals surface area contributed by atoms with Crippen LogP contribution < -0.4 is 10.1 Å². The molecule has 3 aromatic carbocycles. The first-order valence-corrected chi connectivity index (χ1v) is 9.77. The molecule has 5 nitrogen and oxygen atoms in total. The molecule has 0 bridgehead atoms. The number of hydrogen-bond donors (Lipinski definition) is 1. The maximum absolute atomic E-state index is 12.6. The monoisotopic (exact) mass is 389 g/mol. The number of fused-ring (bicyclic) bond motifs is 2. The molecule has 1 aliphatic carbocycles. The summed E-state index contributed by atoms with van der Waals surface area (Å²) in [7, 11) is 1.33. The standard InChI is InChI=1S/C24H23NO4/c1-28-24(27)20-13-17-8-2-3-9-18(17)14-22(20)29-15-23(26)25-21-12-6-10-16-7-4-5-11-19(16)21/h2-5,7-9,11,13-14,21H,6,10,12,15H2,1H3,(H,25,26)/t21-/m0/s1. The molecule has 0 radical (unpaired) electrons. The predicted molar refractivity (Wildman–Crippen MR) is 111 cm³/mol. The first-order valence-electron chi connectivity index (χ1n) is 9.77. The highest BCUT2D eigenvalue weighted by Crippen LogP contribution is 2.30. The lowest BCUT2D eigenvalue weighted by molar-refractivity contribution is -0.124. The third kappa shape index (κ3) is 4.09. The molecular formula is C24H23NO4. The molecular weight excluding hydrogens is 366 g/mol. The van der Waals surface area contributed by atoms with Gasteiger partial charge in [0.1, 0.15) is 11.3 Å². The van der Waals surface area contributed by atoms with Crippen molar-refractivity contribution in [3.8, 4) is 5.75 Å². The molecule has 1 atom stereocenters. The highest BCUT2D eigenvalue weighted by Gasteiger charge is 2.22. The van der Waals surface area contributed by atoms with Crippen LogP contribution in [-0.4, -0.2) is 25.6 Å². The summed E-state index contributed by atoms with van der Waals surface area (Å²) in [5.41, 5.74) is 2.77. The van der Waals surface area contributed by atoms with Gasteiger partial charge in [-0.2, -0.15) is 0 Å². The fraction of sp³-hybridized carbons (Fsp3) is 0.250. The normalized spacial score (nSPS) is 15.4. The van der Waals surface area contributed by atoms with Crippen molar-refractivity contribution in [1.29, 1.82) is 0 Å². The van der Waals surface area contributed by atoms with E-state index in [0.29, 0.717) is 11.3 Å². The van der Waals surface area contributed by atoms with Gasteiger partial charge in [0.2, 0.25) is 0 Å². The van der Waals surface area contributed by atoms with Crippen molar-refractivity contribution < 1.29 is 19.1 Å². The minimum Gasteiger partial charge on any atom is -0.483 e. The topological polar surface area (TPSA) is 64.6 Å². The highest BCUT2D eigenvalue weighted by molar-refractivity contribution is 5.98. The van der Waals surface area contributed by atoms with Crippen molar-refractivity contribution in [2.45, 2.75) is 25.3 Å². The van der Waals surface area contributed by atoms with Gasteiger partial charge in [-0.3, -0.25) is 4.79 Å².